The highest BCUT2D eigenvalue weighted by Gasteiger charge is 2.21. The number of carbonyl (C=O) groups is 1. The van der Waals surface area contributed by atoms with Crippen LogP contribution in [-0.2, 0) is 4.79 Å². The molecule has 1 saturated heterocycles. The van der Waals surface area contributed by atoms with E-state index in [1.807, 2.05) is 17.0 Å². The van der Waals surface area contributed by atoms with Gasteiger partial charge in [-0.3, -0.25) is 4.79 Å². The molecule has 0 saturated carbocycles. The Kier molecular flexibility index (Phi) is 3.97. The Hall–Kier alpha value is -1.81. The molecule has 2 aromatic rings. The van der Waals surface area contributed by atoms with Crippen LogP contribution in [0.4, 0.5) is 11.4 Å². The summed E-state index contributed by atoms with van der Waals surface area (Å²) in [6.07, 6.45) is 1.64. The summed E-state index contributed by atoms with van der Waals surface area (Å²) < 4.78 is 0. The van der Waals surface area contributed by atoms with Crippen LogP contribution in [0.1, 0.15) is 36.2 Å². The van der Waals surface area contributed by atoms with E-state index in [2.05, 4.69) is 42.7 Å². The first kappa shape index (κ1) is 14.1. The van der Waals surface area contributed by atoms with Gasteiger partial charge in [-0.25, -0.2) is 0 Å². The van der Waals surface area contributed by atoms with Crippen molar-refractivity contribution in [2.24, 2.45) is 0 Å². The van der Waals surface area contributed by atoms with Crippen LogP contribution >= 0.6 is 11.3 Å². The van der Waals surface area contributed by atoms with Gasteiger partial charge in [0.2, 0.25) is 5.91 Å². The Bertz CT molecular complexity index is 632. The molecule has 1 aliphatic heterocycles. The zero-order chi connectivity index (χ0) is 14.8. The zero-order valence-electron chi connectivity index (χ0n) is 12.4. The molecule has 2 heterocycles. The van der Waals surface area contributed by atoms with Crippen LogP contribution in [-0.4, -0.2) is 12.5 Å². The van der Waals surface area contributed by atoms with Crippen molar-refractivity contribution in [3.63, 3.8) is 0 Å². The van der Waals surface area contributed by atoms with E-state index in [-0.39, 0.29) is 5.91 Å². The lowest BCUT2D eigenvalue weighted by Gasteiger charge is -2.18. The lowest BCUT2D eigenvalue weighted by Crippen LogP contribution is -2.23. The molecule has 3 rings (SSSR count). The highest BCUT2D eigenvalue weighted by atomic mass is 32.1. The van der Waals surface area contributed by atoms with Gasteiger partial charge in [-0.1, -0.05) is 0 Å². The first-order valence-electron chi connectivity index (χ1n) is 7.36. The van der Waals surface area contributed by atoms with E-state index < -0.39 is 0 Å². The van der Waals surface area contributed by atoms with Crippen molar-refractivity contribution in [3.8, 4) is 0 Å². The number of carbonyl (C=O) groups excluding carboxylic acids is 1. The van der Waals surface area contributed by atoms with E-state index in [0.29, 0.717) is 12.5 Å². The molecule has 0 radical (unpaired) electrons. The molecule has 0 spiro atoms. The second-order valence-corrected chi connectivity index (χ2v) is 6.48. The van der Waals surface area contributed by atoms with Crippen molar-refractivity contribution in [3.05, 3.63) is 46.2 Å². The summed E-state index contributed by atoms with van der Waals surface area (Å²) >= 11 is 1.79. The van der Waals surface area contributed by atoms with E-state index >= 15 is 0 Å². The Balaban J connectivity index is 1.70. The first-order chi connectivity index (χ1) is 10.1. The minimum atomic E-state index is 0.235. The summed E-state index contributed by atoms with van der Waals surface area (Å²) in [5, 5.41) is 5.65. The summed E-state index contributed by atoms with van der Waals surface area (Å²) in [4.78, 5) is 15.0. The quantitative estimate of drug-likeness (QED) is 0.910. The van der Waals surface area contributed by atoms with Crippen LogP contribution in [0.5, 0.6) is 0 Å². The summed E-state index contributed by atoms with van der Waals surface area (Å²) in [7, 11) is 0. The van der Waals surface area contributed by atoms with Crippen molar-refractivity contribution in [2.75, 3.05) is 16.8 Å². The Morgan fingerprint density at radius 2 is 2.00 bits per heavy atom. The average Bonchev–Trinajstić information content (AvgIpc) is 3.08. The number of rotatable bonds is 4. The summed E-state index contributed by atoms with van der Waals surface area (Å²) in [5.74, 6) is 0.235. The maximum absolute atomic E-state index is 11.7. The van der Waals surface area contributed by atoms with Crippen LogP contribution in [0.25, 0.3) is 0 Å². The minimum absolute atomic E-state index is 0.235. The van der Waals surface area contributed by atoms with E-state index in [1.54, 1.807) is 11.3 Å². The predicted octanol–water partition coefficient (Wildman–Crippen LogP) is 4.36. The summed E-state index contributed by atoms with van der Waals surface area (Å²) in [6, 6.07) is 10.6. The van der Waals surface area contributed by atoms with Gasteiger partial charge in [0.15, 0.2) is 0 Å². The average molecular weight is 300 g/mol. The van der Waals surface area contributed by atoms with Crippen LogP contribution in [0, 0.1) is 6.92 Å². The van der Waals surface area contributed by atoms with Gasteiger partial charge in [0.05, 0.1) is 6.04 Å². The Morgan fingerprint density at radius 3 is 2.57 bits per heavy atom. The van der Waals surface area contributed by atoms with Crippen LogP contribution in [0.3, 0.4) is 0 Å². The maximum Gasteiger partial charge on any atom is 0.227 e. The molecule has 21 heavy (non-hydrogen) atoms. The van der Waals surface area contributed by atoms with E-state index in [0.717, 1.165) is 24.3 Å². The number of anilines is 2. The van der Waals surface area contributed by atoms with E-state index in [9.17, 15) is 4.79 Å². The molecule has 1 aromatic carbocycles. The van der Waals surface area contributed by atoms with Crippen molar-refractivity contribution in [1.29, 1.82) is 0 Å². The van der Waals surface area contributed by atoms with Crippen LogP contribution < -0.4 is 10.2 Å². The second-order valence-electron chi connectivity index (χ2n) is 5.53. The number of aryl methyl sites for hydroxylation is 1. The van der Waals surface area contributed by atoms with Gasteiger partial charge in [-0.05, 0) is 61.5 Å². The third-order valence-electron chi connectivity index (χ3n) is 3.93. The van der Waals surface area contributed by atoms with Crippen LogP contribution in [0.15, 0.2) is 35.7 Å². The summed E-state index contributed by atoms with van der Waals surface area (Å²) in [5.41, 5.74) is 3.42. The van der Waals surface area contributed by atoms with Gasteiger partial charge in [0.25, 0.3) is 0 Å². The maximum atomic E-state index is 11.7. The number of nitrogens with one attached hydrogen (secondary N) is 1. The van der Waals surface area contributed by atoms with Crippen molar-refractivity contribution in [1.82, 2.24) is 0 Å². The lowest BCUT2D eigenvalue weighted by molar-refractivity contribution is -0.117. The first-order valence-corrected chi connectivity index (χ1v) is 8.24. The minimum Gasteiger partial charge on any atom is -0.378 e. The molecular weight excluding hydrogens is 280 g/mol. The molecular formula is C17H20N2OS. The number of benzene rings is 1. The molecule has 1 amide bonds. The summed E-state index contributed by atoms with van der Waals surface area (Å²) in [6.45, 7) is 5.17. The molecule has 1 N–H and O–H groups in total. The van der Waals surface area contributed by atoms with Gasteiger partial charge < -0.3 is 10.2 Å². The largest absolute Gasteiger partial charge is 0.378 e. The molecule has 3 nitrogen and oxygen atoms in total. The third-order valence-corrected chi connectivity index (χ3v) is 5.13. The fourth-order valence-corrected chi connectivity index (χ4v) is 3.74. The van der Waals surface area contributed by atoms with Gasteiger partial charge in [-0.2, -0.15) is 0 Å². The van der Waals surface area contributed by atoms with E-state index in [1.165, 1.54) is 10.4 Å². The van der Waals surface area contributed by atoms with E-state index in [4.69, 9.17) is 0 Å². The molecule has 1 unspecified atom stereocenters. The highest BCUT2D eigenvalue weighted by Crippen LogP contribution is 2.28. The number of hydrogen-bond acceptors (Lipinski definition) is 3. The molecule has 0 bridgehead atoms. The molecule has 1 fully saturated rings. The predicted molar refractivity (Wildman–Crippen MR) is 89.1 cm³/mol. The molecule has 1 atom stereocenters. The molecule has 1 aliphatic rings. The number of hydrogen-bond donors (Lipinski definition) is 1. The lowest BCUT2D eigenvalue weighted by atomic mass is 10.1. The normalized spacial score (nSPS) is 16.3. The standard InChI is InChI=1S/C17H20N2OS/c1-12-9-11-21-17(12)13(2)18-14-5-7-15(8-6-14)19-10-3-4-16(19)20/h5-9,11,13,18H,3-4,10H2,1-2H3. The highest BCUT2D eigenvalue weighted by molar-refractivity contribution is 7.10. The van der Waals surface area contributed by atoms with Gasteiger partial charge in [-0.15, -0.1) is 11.3 Å². The third kappa shape index (κ3) is 2.95. The SMILES string of the molecule is Cc1ccsc1C(C)Nc1ccc(N2CCCC2=O)cc1. The molecule has 4 heteroatoms. The van der Waals surface area contributed by atoms with Gasteiger partial charge >= 0.3 is 0 Å². The van der Waals surface area contributed by atoms with Crippen molar-refractivity contribution >= 4 is 28.6 Å². The number of thiophene rings is 1. The zero-order valence-corrected chi connectivity index (χ0v) is 13.2. The topological polar surface area (TPSA) is 32.3 Å². The smallest absolute Gasteiger partial charge is 0.227 e. The van der Waals surface area contributed by atoms with Gasteiger partial charge in [0.1, 0.15) is 0 Å². The van der Waals surface area contributed by atoms with Crippen molar-refractivity contribution < 1.29 is 4.79 Å². The molecule has 1 aromatic heterocycles. The second kappa shape index (κ2) is 5.90. The number of nitrogens with zero attached hydrogens (tertiary/aromatic N) is 1. The fourth-order valence-electron chi connectivity index (χ4n) is 2.80. The molecule has 110 valence electrons. The van der Waals surface area contributed by atoms with Crippen molar-refractivity contribution in [2.45, 2.75) is 32.7 Å². The Labute approximate surface area is 129 Å². The Morgan fingerprint density at radius 1 is 1.24 bits per heavy atom. The van der Waals surface area contributed by atoms with Crippen LogP contribution in [0.2, 0.25) is 0 Å². The fraction of sp³-hybridized carbons (Fsp3) is 0.353. The molecule has 0 aliphatic carbocycles. The van der Waals surface area contributed by atoms with Gasteiger partial charge in [0, 0.05) is 29.2 Å². The monoisotopic (exact) mass is 300 g/mol. The number of amides is 1.